The van der Waals surface area contributed by atoms with E-state index in [4.69, 9.17) is 4.42 Å². The number of azo groups is 1. The quantitative estimate of drug-likeness (QED) is 0.554. The van der Waals surface area contributed by atoms with E-state index in [-0.39, 0.29) is 28.2 Å². The Kier molecular flexibility index (Phi) is 3.12. The number of phenols is 1. The first-order valence-electron chi connectivity index (χ1n) is 6.11. The molecule has 0 unspecified atom stereocenters. The van der Waals surface area contributed by atoms with Crippen molar-refractivity contribution >= 4 is 22.3 Å². The van der Waals surface area contributed by atoms with Crippen LogP contribution in [0.3, 0.4) is 0 Å². The molecule has 0 atom stereocenters. The number of rotatable bonds is 2. The first-order chi connectivity index (χ1) is 10.1. The second kappa shape index (κ2) is 5.09. The van der Waals surface area contributed by atoms with Gasteiger partial charge in [-0.2, -0.15) is 5.11 Å². The third-order valence-electron chi connectivity index (χ3n) is 2.86. The third kappa shape index (κ3) is 2.46. The maximum atomic E-state index is 11.8. The summed E-state index contributed by atoms with van der Waals surface area (Å²) in [5.41, 5.74) is -0.486. The number of nitrogens with zero attached hydrogens (tertiary/aromatic N) is 2. The Hall–Kier alpha value is -3.15. The van der Waals surface area contributed by atoms with Crippen molar-refractivity contribution < 1.29 is 14.6 Å². The van der Waals surface area contributed by atoms with Gasteiger partial charge in [-0.1, -0.05) is 18.2 Å². The Morgan fingerprint density at radius 2 is 1.71 bits per heavy atom. The smallest absolute Gasteiger partial charge is 0.368 e. The summed E-state index contributed by atoms with van der Waals surface area (Å²) in [6.45, 7) is 0. The Morgan fingerprint density at radius 1 is 0.952 bits per heavy atom. The van der Waals surface area contributed by atoms with Crippen LogP contribution in [0.2, 0.25) is 0 Å². The lowest BCUT2D eigenvalue weighted by molar-refractivity contribution is 0.464. The molecule has 3 aromatic rings. The monoisotopic (exact) mass is 282 g/mol. The number of phenolic OH excluding ortho intramolecular Hbond substituents is 1. The first kappa shape index (κ1) is 12.9. The van der Waals surface area contributed by atoms with Crippen LogP contribution in [0.1, 0.15) is 0 Å². The summed E-state index contributed by atoms with van der Waals surface area (Å²) in [6, 6.07) is 12.9. The van der Waals surface area contributed by atoms with Crippen LogP contribution in [0.4, 0.5) is 11.4 Å². The van der Waals surface area contributed by atoms with Crippen molar-refractivity contribution in [2.45, 2.75) is 0 Å². The molecule has 1 aromatic heterocycles. The van der Waals surface area contributed by atoms with Gasteiger partial charge in [0, 0.05) is 6.07 Å². The second-order valence-electron chi connectivity index (χ2n) is 4.30. The minimum Gasteiger partial charge on any atom is -0.508 e. The predicted octanol–water partition coefficient (Wildman–Crippen LogP) is 3.62. The molecule has 0 aliphatic heterocycles. The maximum absolute atomic E-state index is 11.8. The Bertz CT molecular complexity index is 885. The van der Waals surface area contributed by atoms with Crippen LogP contribution in [0.5, 0.6) is 11.5 Å². The van der Waals surface area contributed by atoms with E-state index in [9.17, 15) is 15.0 Å². The number of hydrogen-bond donors (Lipinski definition) is 2. The Balaban J connectivity index is 2.13. The molecule has 0 fully saturated rings. The van der Waals surface area contributed by atoms with Gasteiger partial charge in [-0.25, -0.2) is 4.79 Å². The number of fused-ring (bicyclic) bond motifs is 1. The largest absolute Gasteiger partial charge is 0.508 e. The molecular weight excluding hydrogens is 272 g/mol. The van der Waals surface area contributed by atoms with E-state index >= 15 is 0 Å². The fourth-order valence-electron chi connectivity index (χ4n) is 1.85. The highest BCUT2D eigenvalue weighted by atomic mass is 16.4. The van der Waals surface area contributed by atoms with Gasteiger partial charge in [-0.3, -0.25) is 0 Å². The summed E-state index contributed by atoms with van der Waals surface area (Å²) >= 11 is 0. The molecule has 0 amide bonds. The van der Waals surface area contributed by atoms with Crippen LogP contribution in [0.25, 0.3) is 11.0 Å². The lowest BCUT2D eigenvalue weighted by Crippen LogP contribution is -1.98. The molecule has 2 N–H and O–H groups in total. The summed E-state index contributed by atoms with van der Waals surface area (Å²) in [5, 5.41) is 27.4. The van der Waals surface area contributed by atoms with Gasteiger partial charge in [-0.15, -0.1) is 5.11 Å². The van der Waals surface area contributed by atoms with Gasteiger partial charge in [-0.05, 0) is 24.3 Å². The van der Waals surface area contributed by atoms with Crippen LogP contribution >= 0.6 is 0 Å². The molecule has 0 aliphatic rings. The molecule has 0 saturated heterocycles. The normalized spacial score (nSPS) is 11.2. The van der Waals surface area contributed by atoms with E-state index < -0.39 is 5.63 Å². The molecule has 0 radical (unpaired) electrons. The van der Waals surface area contributed by atoms with Crippen molar-refractivity contribution in [2.24, 2.45) is 10.2 Å². The SMILES string of the molecule is O=c1oc2cc(O)ccc2c(O)c1/N=N/c1ccccc1. The van der Waals surface area contributed by atoms with Crippen LogP contribution in [0.15, 0.2) is 68.0 Å². The lowest BCUT2D eigenvalue weighted by atomic mass is 10.2. The summed E-state index contributed by atoms with van der Waals surface area (Å²) in [7, 11) is 0. The standard InChI is InChI=1S/C15H10N2O4/c18-10-6-7-11-12(8-10)21-15(20)13(14(11)19)17-16-9-4-2-1-3-5-9/h1-8,18-19H/b17-16+. The van der Waals surface area contributed by atoms with Gasteiger partial charge in [0.2, 0.25) is 5.69 Å². The highest BCUT2D eigenvalue weighted by molar-refractivity contribution is 5.88. The highest BCUT2D eigenvalue weighted by Gasteiger charge is 2.14. The second-order valence-corrected chi connectivity index (χ2v) is 4.30. The van der Waals surface area contributed by atoms with Crippen LogP contribution < -0.4 is 5.63 Å². The number of aromatic hydroxyl groups is 2. The predicted molar refractivity (Wildman–Crippen MR) is 76.4 cm³/mol. The molecule has 104 valence electrons. The van der Waals surface area contributed by atoms with E-state index in [1.807, 2.05) is 6.07 Å². The first-order valence-corrected chi connectivity index (χ1v) is 6.11. The summed E-state index contributed by atoms with van der Waals surface area (Å²) < 4.78 is 5.01. The van der Waals surface area contributed by atoms with E-state index in [0.717, 1.165) is 0 Å². The van der Waals surface area contributed by atoms with Crippen LogP contribution in [-0.2, 0) is 0 Å². The molecule has 0 bridgehead atoms. The van der Waals surface area contributed by atoms with E-state index in [1.165, 1.54) is 18.2 Å². The zero-order valence-corrected chi connectivity index (χ0v) is 10.7. The van der Waals surface area contributed by atoms with Crippen molar-refractivity contribution in [3.63, 3.8) is 0 Å². The van der Waals surface area contributed by atoms with Gasteiger partial charge in [0.1, 0.15) is 11.3 Å². The van der Waals surface area contributed by atoms with Gasteiger partial charge in [0.05, 0.1) is 11.1 Å². The highest BCUT2D eigenvalue weighted by Crippen LogP contribution is 2.33. The van der Waals surface area contributed by atoms with Crippen molar-refractivity contribution in [1.29, 1.82) is 0 Å². The molecule has 1 heterocycles. The fraction of sp³-hybridized carbons (Fsp3) is 0. The fourth-order valence-corrected chi connectivity index (χ4v) is 1.85. The zero-order chi connectivity index (χ0) is 14.8. The van der Waals surface area contributed by atoms with E-state index in [2.05, 4.69) is 10.2 Å². The minimum absolute atomic E-state index is 0.0660. The molecule has 21 heavy (non-hydrogen) atoms. The summed E-state index contributed by atoms with van der Waals surface area (Å²) in [4.78, 5) is 11.8. The molecule has 3 rings (SSSR count). The number of hydrogen-bond acceptors (Lipinski definition) is 6. The topological polar surface area (TPSA) is 95.4 Å². The summed E-state index contributed by atoms with van der Waals surface area (Å²) in [6.07, 6.45) is 0. The minimum atomic E-state index is -0.828. The molecule has 0 spiro atoms. The third-order valence-corrected chi connectivity index (χ3v) is 2.86. The van der Waals surface area contributed by atoms with Gasteiger partial charge in [0.15, 0.2) is 5.75 Å². The molecule has 0 saturated carbocycles. The average molecular weight is 282 g/mol. The molecule has 6 heteroatoms. The Labute approximate surface area is 118 Å². The van der Waals surface area contributed by atoms with Crippen LogP contribution in [-0.4, -0.2) is 10.2 Å². The van der Waals surface area contributed by atoms with E-state index in [1.54, 1.807) is 24.3 Å². The molecule has 6 nitrogen and oxygen atoms in total. The van der Waals surface area contributed by atoms with Crippen molar-refractivity contribution in [2.75, 3.05) is 0 Å². The van der Waals surface area contributed by atoms with Crippen molar-refractivity contribution in [1.82, 2.24) is 0 Å². The summed E-state index contributed by atoms with van der Waals surface area (Å²) in [5.74, 6) is -0.398. The van der Waals surface area contributed by atoms with Crippen molar-refractivity contribution in [3.05, 3.63) is 59.0 Å². The maximum Gasteiger partial charge on any atom is 0.368 e. The van der Waals surface area contributed by atoms with Gasteiger partial charge < -0.3 is 14.6 Å². The molecular formula is C15H10N2O4. The zero-order valence-electron chi connectivity index (χ0n) is 10.7. The Morgan fingerprint density at radius 3 is 2.48 bits per heavy atom. The lowest BCUT2D eigenvalue weighted by Gasteiger charge is -2.02. The van der Waals surface area contributed by atoms with E-state index in [0.29, 0.717) is 5.69 Å². The van der Waals surface area contributed by atoms with Crippen LogP contribution in [0, 0.1) is 0 Å². The van der Waals surface area contributed by atoms with Crippen molar-refractivity contribution in [3.8, 4) is 11.5 Å². The van der Waals surface area contributed by atoms with Gasteiger partial charge in [0.25, 0.3) is 0 Å². The molecule has 0 aliphatic carbocycles. The molecule has 2 aromatic carbocycles. The number of benzene rings is 2. The van der Waals surface area contributed by atoms with Gasteiger partial charge >= 0.3 is 5.63 Å². The average Bonchev–Trinajstić information content (AvgIpc) is 2.47.